The second kappa shape index (κ2) is 10.5. The molecular weight excluding hydrogens is 366 g/mol. The van der Waals surface area contributed by atoms with Gasteiger partial charge in [-0.1, -0.05) is 32.9 Å². The van der Waals surface area contributed by atoms with E-state index >= 15 is 0 Å². The van der Waals surface area contributed by atoms with Gasteiger partial charge >= 0.3 is 0 Å². The number of carbonyl (C=O) groups excluding carboxylic acids is 2. The Morgan fingerprint density at radius 3 is 1.93 bits per heavy atom. The monoisotopic (exact) mass is 397 g/mol. The molecule has 1 aromatic rings. The van der Waals surface area contributed by atoms with Crippen molar-refractivity contribution in [3.63, 3.8) is 0 Å². The molecule has 2 amide bonds. The molecule has 0 spiro atoms. The number of aryl methyl sites for hydroxylation is 1. The van der Waals surface area contributed by atoms with Crippen LogP contribution in [0.2, 0.25) is 0 Å². The van der Waals surface area contributed by atoms with E-state index in [-0.39, 0.29) is 30.1 Å². The molecule has 1 fully saturated rings. The van der Waals surface area contributed by atoms with Crippen molar-refractivity contribution in [3.8, 4) is 5.75 Å². The minimum Gasteiger partial charge on any atom is -0.481 e. The highest BCUT2D eigenvalue weighted by molar-refractivity contribution is 5.85. The second-order valence-electron chi connectivity index (χ2n) is 7.18. The van der Waals surface area contributed by atoms with E-state index in [1.165, 1.54) is 5.56 Å². The normalized spacial score (nSPS) is 16.5. The van der Waals surface area contributed by atoms with Crippen molar-refractivity contribution >= 4 is 24.2 Å². The lowest BCUT2D eigenvalue weighted by molar-refractivity contribution is -0.144. The molecule has 1 heterocycles. The van der Waals surface area contributed by atoms with Gasteiger partial charge in [0, 0.05) is 26.2 Å². The third-order valence-corrected chi connectivity index (χ3v) is 4.90. The van der Waals surface area contributed by atoms with Crippen LogP contribution in [0.15, 0.2) is 24.3 Å². The van der Waals surface area contributed by atoms with E-state index in [1.807, 2.05) is 38.1 Å². The molecule has 0 radical (unpaired) electrons. The van der Waals surface area contributed by atoms with Crippen molar-refractivity contribution in [3.05, 3.63) is 29.8 Å². The molecule has 6 nitrogen and oxygen atoms in total. The highest BCUT2D eigenvalue weighted by Gasteiger charge is 2.30. The van der Waals surface area contributed by atoms with Gasteiger partial charge in [-0.3, -0.25) is 9.59 Å². The van der Waals surface area contributed by atoms with Crippen LogP contribution in [0.5, 0.6) is 5.75 Å². The number of ether oxygens (including phenoxy) is 1. The van der Waals surface area contributed by atoms with Crippen molar-refractivity contribution < 1.29 is 14.3 Å². The van der Waals surface area contributed by atoms with Crippen LogP contribution in [-0.2, 0) is 16.0 Å². The van der Waals surface area contributed by atoms with Crippen molar-refractivity contribution in [2.75, 3.05) is 26.2 Å². The molecule has 1 unspecified atom stereocenters. The van der Waals surface area contributed by atoms with Gasteiger partial charge in [-0.2, -0.15) is 0 Å². The number of amides is 2. The molecule has 0 saturated carbocycles. The van der Waals surface area contributed by atoms with Gasteiger partial charge in [0.05, 0.1) is 6.04 Å². The minimum atomic E-state index is -0.553. The predicted octanol–water partition coefficient (Wildman–Crippen LogP) is 2.09. The maximum atomic E-state index is 12.6. The number of hydrogen-bond donors (Lipinski definition) is 1. The maximum Gasteiger partial charge on any atom is 0.263 e. The molecule has 152 valence electrons. The van der Waals surface area contributed by atoms with Crippen LogP contribution < -0.4 is 10.5 Å². The molecule has 0 aliphatic carbocycles. The summed E-state index contributed by atoms with van der Waals surface area (Å²) in [5.74, 6) is 0.715. The average Bonchev–Trinajstić information content (AvgIpc) is 2.66. The first-order valence-electron chi connectivity index (χ1n) is 9.42. The van der Waals surface area contributed by atoms with Crippen molar-refractivity contribution in [2.24, 2.45) is 11.7 Å². The number of halogens is 1. The second-order valence-corrected chi connectivity index (χ2v) is 7.18. The molecular formula is C20H32ClN3O3. The molecule has 1 saturated heterocycles. The van der Waals surface area contributed by atoms with E-state index in [9.17, 15) is 9.59 Å². The fourth-order valence-electron chi connectivity index (χ4n) is 2.96. The molecule has 27 heavy (non-hydrogen) atoms. The van der Waals surface area contributed by atoms with Crippen LogP contribution in [0.25, 0.3) is 0 Å². The van der Waals surface area contributed by atoms with Crippen LogP contribution >= 0.6 is 12.4 Å². The minimum absolute atomic E-state index is 0. The lowest BCUT2D eigenvalue weighted by Gasteiger charge is -2.37. The zero-order valence-electron chi connectivity index (χ0n) is 16.7. The first-order chi connectivity index (χ1) is 12.3. The van der Waals surface area contributed by atoms with Crippen LogP contribution in [0.4, 0.5) is 0 Å². The molecule has 1 aromatic carbocycles. The third kappa shape index (κ3) is 6.11. The number of nitrogens with two attached hydrogens (primary N) is 1. The Hall–Kier alpha value is -1.79. The summed E-state index contributed by atoms with van der Waals surface area (Å²) in [4.78, 5) is 28.4. The third-order valence-electron chi connectivity index (χ3n) is 4.90. The molecule has 0 bridgehead atoms. The fraction of sp³-hybridized carbons (Fsp3) is 0.600. The van der Waals surface area contributed by atoms with E-state index in [4.69, 9.17) is 10.5 Å². The molecule has 2 atom stereocenters. The van der Waals surface area contributed by atoms with E-state index in [1.54, 1.807) is 16.7 Å². The average molecular weight is 398 g/mol. The Morgan fingerprint density at radius 2 is 1.48 bits per heavy atom. The molecule has 7 heteroatoms. The number of hydrogen-bond acceptors (Lipinski definition) is 4. The standard InChI is InChI=1S/C20H31N3O3.ClH/c1-5-16-6-8-17(9-7-16)26-15(4)19(24)22-10-12-23(13-11-22)20(25)18(21)14(2)3;/h6-9,14-15,18H,5,10-13,21H2,1-4H3;1H/t15?,18-;/m0./s1. The SMILES string of the molecule is CCc1ccc(OC(C)C(=O)N2CCN(C(=O)[C@@H](N)C(C)C)CC2)cc1.Cl. The fourth-order valence-corrected chi connectivity index (χ4v) is 2.96. The predicted molar refractivity (Wildman–Crippen MR) is 109 cm³/mol. The van der Waals surface area contributed by atoms with Gasteiger partial charge in [-0.15, -0.1) is 12.4 Å². The van der Waals surface area contributed by atoms with E-state index < -0.39 is 12.1 Å². The smallest absolute Gasteiger partial charge is 0.263 e. The summed E-state index contributed by atoms with van der Waals surface area (Å²) in [6.07, 6.45) is 0.417. The van der Waals surface area contributed by atoms with Crippen LogP contribution in [0.3, 0.4) is 0 Å². The van der Waals surface area contributed by atoms with Gasteiger partial charge < -0.3 is 20.3 Å². The Bertz CT molecular complexity index is 613. The Kier molecular flexibility index (Phi) is 9.06. The molecule has 1 aliphatic rings. The highest BCUT2D eigenvalue weighted by atomic mass is 35.5. The summed E-state index contributed by atoms with van der Waals surface area (Å²) in [5, 5.41) is 0. The van der Waals surface area contributed by atoms with Crippen molar-refractivity contribution in [1.82, 2.24) is 9.80 Å². The van der Waals surface area contributed by atoms with Gasteiger partial charge in [0.2, 0.25) is 5.91 Å². The summed E-state index contributed by atoms with van der Waals surface area (Å²) in [6, 6.07) is 7.33. The molecule has 0 aromatic heterocycles. The highest BCUT2D eigenvalue weighted by Crippen LogP contribution is 2.16. The zero-order valence-corrected chi connectivity index (χ0v) is 17.5. The van der Waals surface area contributed by atoms with Gasteiger partial charge in [0.25, 0.3) is 5.91 Å². The zero-order chi connectivity index (χ0) is 19.3. The quantitative estimate of drug-likeness (QED) is 0.797. The largest absolute Gasteiger partial charge is 0.481 e. The number of piperazine rings is 1. The summed E-state index contributed by atoms with van der Waals surface area (Å²) in [7, 11) is 0. The Morgan fingerprint density at radius 1 is 1.00 bits per heavy atom. The van der Waals surface area contributed by atoms with Crippen LogP contribution in [0, 0.1) is 5.92 Å². The number of carbonyl (C=O) groups is 2. The lowest BCUT2D eigenvalue weighted by Crippen LogP contribution is -2.56. The maximum absolute atomic E-state index is 12.6. The summed E-state index contributed by atoms with van der Waals surface area (Å²) in [6.45, 7) is 9.80. The van der Waals surface area contributed by atoms with Gasteiger partial charge in [0.1, 0.15) is 5.75 Å². The van der Waals surface area contributed by atoms with Crippen LogP contribution in [0.1, 0.15) is 33.3 Å². The Labute approximate surface area is 168 Å². The summed E-state index contributed by atoms with van der Waals surface area (Å²) in [5.41, 5.74) is 7.18. The summed E-state index contributed by atoms with van der Waals surface area (Å²) >= 11 is 0. The number of benzene rings is 1. The number of rotatable bonds is 6. The molecule has 2 rings (SSSR count). The molecule has 2 N–H and O–H groups in total. The van der Waals surface area contributed by atoms with Gasteiger partial charge in [0.15, 0.2) is 6.10 Å². The van der Waals surface area contributed by atoms with E-state index in [0.717, 1.165) is 6.42 Å². The topological polar surface area (TPSA) is 75.9 Å². The van der Waals surface area contributed by atoms with Crippen LogP contribution in [-0.4, -0.2) is 59.9 Å². The van der Waals surface area contributed by atoms with Crippen molar-refractivity contribution in [1.29, 1.82) is 0 Å². The summed E-state index contributed by atoms with van der Waals surface area (Å²) < 4.78 is 5.78. The first-order valence-corrected chi connectivity index (χ1v) is 9.42. The Balaban J connectivity index is 0.00000364. The van der Waals surface area contributed by atoms with E-state index in [0.29, 0.717) is 31.9 Å². The van der Waals surface area contributed by atoms with Gasteiger partial charge in [-0.25, -0.2) is 0 Å². The number of nitrogens with zero attached hydrogens (tertiary/aromatic N) is 2. The molecule has 1 aliphatic heterocycles. The first kappa shape index (κ1) is 23.2. The van der Waals surface area contributed by atoms with E-state index in [2.05, 4.69) is 6.92 Å². The lowest BCUT2D eigenvalue weighted by atomic mass is 10.0. The van der Waals surface area contributed by atoms with Gasteiger partial charge in [-0.05, 0) is 37.0 Å². The van der Waals surface area contributed by atoms with Crippen molar-refractivity contribution in [2.45, 2.75) is 46.3 Å².